The van der Waals surface area contributed by atoms with E-state index < -0.39 is 0 Å². The minimum atomic E-state index is -0.279. The van der Waals surface area contributed by atoms with Crippen LogP contribution in [0.1, 0.15) is 24.9 Å². The number of carbonyl (C=O) groups excluding carboxylic acids is 1. The zero-order valence-corrected chi connectivity index (χ0v) is 13.5. The van der Waals surface area contributed by atoms with Crippen molar-refractivity contribution in [3.8, 4) is 0 Å². The molecule has 122 valence electrons. The number of para-hydroxylation sites is 1. The fourth-order valence-electron chi connectivity index (χ4n) is 2.38. The van der Waals surface area contributed by atoms with Gasteiger partial charge in [-0.05, 0) is 24.1 Å². The number of nitrogens with one attached hydrogen (secondary N) is 2. The Morgan fingerprint density at radius 2 is 1.61 bits per heavy atom. The summed E-state index contributed by atoms with van der Waals surface area (Å²) in [6.07, 6.45) is 0.869. The molecule has 23 heavy (non-hydrogen) atoms. The van der Waals surface area contributed by atoms with Gasteiger partial charge in [-0.15, -0.1) is 0 Å². The number of hydrogen-bond acceptors (Lipinski definition) is 3. The lowest BCUT2D eigenvalue weighted by Crippen LogP contribution is -2.36. The van der Waals surface area contributed by atoms with Gasteiger partial charge in [-0.25, -0.2) is 0 Å². The number of hydrogen-bond donors (Lipinski definition) is 3. The number of benzene rings is 2. The Kier molecular flexibility index (Phi) is 6.63. The van der Waals surface area contributed by atoms with E-state index in [4.69, 9.17) is 5.73 Å². The predicted molar refractivity (Wildman–Crippen MR) is 95.1 cm³/mol. The van der Waals surface area contributed by atoms with E-state index in [0.29, 0.717) is 6.54 Å². The quantitative estimate of drug-likeness (QED) is 0.657. The van der Waals surface area contributed by atoms with E-state index in [1.165, 1.54) is 0 Å². The largest absolute Gasteiger partial charge is 0.385 e. The summed E-state index contributed by atoms with van der Waals surface area (Å²) in [7, 11) is 0. The Hall–Kier alpha value is -2.33. The monoisotopic (exact) mass is 311 g/mol. The second kappa shape index (κ2) is 8.96. The average Bonchev–Trinajstić information content (AvgIpc) is 2.61. The van der Waals surface area contributed by atoms with Crippen molar-refractivity contribution in [2.45, 2.75) is 19.4 Å². The Morgan fingerprint density at radius 1 is 1.00 bits per heavy atom. The van der Waals surface area contributed by atoms with Gasteiger partial charge in [-0.2, -0.15) is 0 Å². The van der Waals surface area contributed by atoms with Crippen LogP contribution in [0.2, 0.25) is 0 Å². The molecule has 2 aromatic carbocycles. The maximum Gasteiger partial charge on any atom is 0.224 e. The number of carbonyl (C=O) groups is 1. The number of rotatable bonds is 8. The van der Waals surface area contributed by atoms with Crippen LogP contribution in [0.5, 0.6) is 0 Å². The first-order valence-electron chi connectivity index (χ1n) is 8.05. The molecule has 1 amide bonds. The molecule has 0 spiro atoms. The van der Waals surface area contributed by atoms with Crippen LogP contribution >= 0.6 is 0 Å². The van der Waals surface area contributed by atoms with E-state index in [2.05, 4.69) is 10.6 Å². The van der Waals surface area contributed by atoms with Crippen molar-refractivity contribution in [2.24, 2.45) is 11.7 Å². The summed E-state index contributed by atoms with van der Waals surface area (Å²) < 4.78 is 0. The van der Waals surface area contributed by atoms with Crippen LogP contribution in [-0.4, -0.2) is 19.0 Å². The van der Waals surface area contributed by atoms with E-state index >= 15 is 0 Å². The predicted octanol–water partition coefficient (Wildman–Crippen LogP) is 2.94. The molecule has 0 heterocycles. The van der Waals surface area contributed by atoms with Gasteiger partial charge in [0.25, 0.3) is 0 Å². The molecule has 0 aliphatic rings. The Morgan fingerprint density at radius 3 is 2.26 bits per heavy atom. The summed E-state index contributed by atoms with van der Waals surface area (Å²) in [5.41, 5.74) is 8.26. The van der Waals surface area contributed by atoms with Gasteiger partial charge >= 0.3 is 0 Å². The molecule has 0 saturated heterocycles. The summed E-state index contributed by atoms with van der Waals surface area (Å²) >= 11 is 0. The normalized spacial score (nSPS) is 13.1. The minimum absolute atomic E-state index is 0.000985. The second-order valence-corrected chi connectivity index (χ2v) is 5.66. The molecular formula is C19H25N3O. The van der Waals surface area contributed by atoms with Crippen LogP contribution in [0.4, 0.5) is 5.69 Å². The SMILES string of the molecule is CC(C(=O)NCCCNc1ccccc1)C(N)c1ccccc1. The second-order valence-electron chi connectivity index (χ2n) is 5.66. The molecule has 4 N–H and O–H groups in total. The molecule has 0 radical (unpaired) electrons. The first kappa shape index (κ1) is 17.0. The molecule has 0 fully saturated rings. The summed E-state index contributed by atoms with van der Waals surface area (Å²) in [4.78, 5) is 12.2. The van der Waals surface area contributed by atoms with Crippen LogP contribution in [-0.2, 0) is 4.79 Å². The maximum absolute atomic E-state index is 12.2. The van der Waals surface area contributed by atoms with Crippen molar-refractivity contribution >= 4 is 11.6 Å². The lowest BCUT2D eigenvalue weighted by molar-refractivity contribution is -0.125. The minimum Gasteiger partial charge on any atom is -0.385 e. The third kappa shape index (κ3) is 5.42. The summed E-state index contributed by atoms with van der Waals surface area (Å²) in [5.74, 6) is -0.249. The van der Waals surface area contributed by atoms with Crippen molar-refractivity contribution < 1.29 is 4.79 Å². The highest BCUT2D eigenvalue weighted by Crippen LogP contribution is 2.18. The maximum atomic E-state index is 12.2. The smallest absolute Gasteiger partial charge is 0.224 e. The topological polar surface area (TPSA) is 67.2 Å². The number of amides is 1. The fraction of sp³-hybridized carbons (Fsp3) is 0.316. The lowest BCUT2D eigenvalue weighted by Gasteiger charge is -2.19. The highest BCUT2D eigenvalue weighted by atomic mass is 16.1. The molecule has 4 heteroatoms. The van der Waals surface area contributed by atoms with E-state index in [-0.39, 0.29) is 17.9 Å². The Labute approximate surface area is 138 Å². The summed E-state index contributed by atoms with van der Waals surface area (Å²) in [6, 6.07) is 19.5. The van der Waals surface area contributed by atoms with Gasteiger partial charge in [-0.1, -0.05) is 55.5 Å². The molecule has 2 rings (SSSR count). The van der Waals surface area contributed by atoms with Gasteiger partial charge in [0.05, 0.1) is 5.92 Å². The zero-order valence-electron chi connectivity index (χ0n) is 13.5. The molecule has 0 aliphatic heterocycles. The van der Waals surface area contributed by atoms with Crippen molar-refractivity contribution in [1.82, 2.24) is 5.32 Å². The van der Waals surface area contributed by atoms with Crippen molar-refractivity contribution in [3.05, 3.63) is 66.2 Å². The van der Waals surface area contributed by atoms with E-state index in [1.807, 2.05) is 67.6 Å². The van der Waals surface area contributed by atoms with Crippen LogP contribution < -0.4 is 16.4 Å². The standard InChI is InChI=1S/C19H25N3O/c1-15(18(20)16-9-4-2-5-10-16)19(23)22-14-8-13-21-17-11-6-3-7-12-17/h2-7,9-12,15,18,21H,8,13-14,20H2,1H3,(H,22,23). The van der Waals surface area contributed by atoms with Gasteiger partial charge in [0.2, 0.25) is 5.91 Å². The van der Waals surface area contributed by atoms with Crippen LogP contribution in [0, 0.1) is 5.92 Å². The molecule has 0 aliphatic carbocycles. The zero-order chi connectivity index (χ0) is 16.5. The molecule has 0 saturated carbocycles. The van der Waals surface area contributed by atoms with Gasteiger partial charge in [0.1, 0.15) is 0 Å². The van der Waals surface area contributed by atoms with Crippen molar-refractivity contribution in [1.29, 1.82) is 0 Å². The van der Waals surface area contributed by atoms with Gasteiger partial charge < -0.3 is 16.4 Å². The van der Waals surface area contributed by atoms with Crippen LogP contribution in [0.25, 0.3) is 0 Å². The number of nitrogens with two attached hydrogens (primary N) is 1. The molecule has 2 atom stereocenters. The Balaban J connectivity index is 1.68. The third-order valence-electron chi connectivity index (χ3n) is 3.89. The highest BCUT2D eigenvalue weighted by molar-refractivity contribution is 5.79. The fourth-order valence-corrected chi connectivity index (χ4v) is 2.38. The van der Waals surface area contributed by atoms with Gasteiger partial charge in [0.15, 0.2) is 0 Å². The molecule has 2 unspecified atom stereocenters. The summed E-state index contributed by atoms with van der Waals surface area (Å²) in [5, 5.41) is 6.28. The first-order chi connectivity index (χ1) is 11.2. The van der Waals surface area contributed by atoms with Gasteiger partial charge in [0, 0.05) is 24.8 Å². The first-order valence-corrected chi connectivity index (χ1v) is 8.05. The van der Waals surface area contributed by atoms with Gasteiger partial charge in [-0.3, -0.25) is 4.79 Å². The summed E-state index contributed by atoms with van der Waals surface area (Å²) in [6.45, 7) is 3.34. The number of anilines is 1. The highest BCUT2D eigenvalue weighted by Gasteiger charge is 2.21. The lowest BCUT2D eigenvalue weighted by atomic mass is 9.95. The van der Waals surface area contributed by atoms with Crippen molar-refractivity contribution in [3.63, 3.8) is 0 Å². The van der Waals surface area contributed by atoms with E-state index in [1.54, 1.807) is 0 Å². The van der Waals surface area contributed by atoms with Crippen molar-refractivity contribution in [2.75, 3.05) is 18.4 Å². The van der Waals surface area contributed by atoms with E-state index in [0.717, 1.165) is 24.2 Å². The average molecular weight is 311 g/mol. The van der Waals surface area contributed by atoms with Crippen LogP contribution in [0.15, 0.2) is 60.7 Å². The third-order valence-corrected chi connectivity index (χ3v) is 3.89. The van der Waals surface area contributed by atoms with Crippen LogP contribution in [0.3, 0.4) is 0 Å². The molecular weight excluding hydrogens is 286 g/mol. The molecule has 4 nitrogen and oxygen atoms in total. The Bertz CT molecular complexity index is 586. The molecule has 0 bridgehead atoms. The molecule has 2 aromatic rings. The van der Waals surface area contributed by atoms with E-state index in [9.17, 15) is 4.79 Å². The molecule has 0 aromatic heterocycles.